The molecule has 1 atom stereocenters. The fourth-order valence-corrected chi connectivity index (χ4v) is 7.20. The van der Waals surface area contributed by atoms with Crippen molar-refractivity contribution in [2.75, 3.05) is 19.3 Å². The average molecular weight is 588 g/mol. The molecule has 0 spiro atoms. The minimum Gasteiger partial charge on any atom is -0.448 e. The highest BCUT2D eigenvalue weighted by atomic mass is 35.5. The van der Waals surface area contributed by atoms with Crippen LogP contribution in [-0.4, -0.2) is 59.2 Å². The highest BCUT2D eigenvalue weighted by molar-refractivity contribution is 7.98. The van der Waals surface area contributed by atoms with Crippen molar-refractivity contribution in [3.63, 3.8) is 0 Å². The van der Waals surface area contributed by atoms with E-state index in [0.29, 0.717) is 51.5 Å². The Hall–Kier alpha value is -2.20. The molecule has 1 aromatic heterocycles. The minimum atomic E-state index is -0.836. The number of hydrogen-bond acceptors (Lipinski definition) is 7. The van der Waals surface area contributed by atoms with Crippen LogP contribution in [0, 0.1) is 19.8 Å². The van der Waals surface area contributed by atoms with Gasteiger partial charge in [-0.2, -0.15) is 0 Å². The summed E-state index contributed by atoms with van der Waals surface area (Å²) in [4.78, 5) is 32.0. The first-order valence-electron chi connectivity index (χ1n) is 14.3. The van der Waals surface area contributed by atoms with Gasteiger partial charge in [-0.1, -0.05) is 11.6 Å². The predicted molar refractivity (Wildman–Crippen MR) is 156 cm³/mol. The maximum Gasteiger partial charge on any atom is 0.254 e. The van der Waals surface area contributed by atoms with Gasteiger partial charge in [0.05, 0.1) is 17.2 Å². The molecule has 3 heterocycles. The van der Waals surface area contributed by atoms with E-state index in [1.807, 2.05) is 33.1 Å². The van der Waals surface area contributed by atoms with Crippen LogP contribution in [0.15, 0.2) is 21.8 Å². The largest absolute Gasteiger partial charge is 0.448 e. The van der Waals surface area contributed by atoms with Gasteiger partial charge in [0.2, 0.25) is 0 Å². The quantitative estimate of drug-likeness (QED) is 0.410. The molecule has 1 amide bonds. The molecule has 1 aromatic carbocycles. The van der Waals surface area contributed by atoms with Crippen molar-refractivity contribution in [1.82, 2.24) is 15.2 Å². The number of carbonyl (C=O) groups excluding carboxylic acids is 1. The first-order chi connectivity index (χ1) is 19.1. The lowest BCUT2D eigenvalue weighted by atomic mass is 9.83. The molecule has 8 nitrogen and oxygen atoms in total. The standard InChI is InChI=1S/C30H38ClN3O5S/c1-16-11-25(40-4)23(29(36)33-16)15-32-28(35)22-14-24(31)27-26(17(22)2)38-30(3,39-27)18-7-9-34(10-8-18)19-12-21(13-19)37-20-5-6-20/h11,14,18-21H,5-10,12-13,15H2,1-4H3,(H,32,35)(H,33,36). The van der Waals surface area contributed by atoms with Crippen molar-refractivity contribution in [1.29, 1.82) is 0 Å². The first kappa shape index (κ1) is 27.9. The van der Waals surface area contributed by atoms with E-state index >= 15 is 0 Å². The molecule has 6 rings (SSSR count). The smallest absolute Gasteiger partial charge is 0.254 e. The van der Waals surface area contributed by atoms with Gasteiger partial charge >= 0.3 is 0 Å². The number of rotatable bonds is 8. The second-order valence-corrected chi connectivity index (χ2v) is 13.1. The third kappa shape index (κ3) is 5.38. The topological polar surface area (TPSA) is 92.9 Å². The van der Waals surface area contributed by atoms with Crippen molar-refractivity contribution in [3.05, 3.63) is 49.9 Å². The number of halogens is 1. The SMILES string of the molecule is CSc1cc(C)[nH]c(=O)c1CNC(=O)c1cc(Cl)c2c(c1C)OC(C)(C1CCN(C3CC(OC4CC4)C3)CC1)O2. The van der Waals surface area contributed by atoms with Crippen LogP contribution >= 0.6 is 23.4 Å². The normalized spacial score (nSPS) is 26.5. The number of likely N-dealkylation sites (tertiary alicyclic amines) is 1. The van der Waals surface area contributed by atoms with Crippen LogP contribution in [0.1, 0.15) is 72.6 Å². The lowest BCUT2D eigenvalue weighted by Gasteiger charge is -2.47. The molecule has 2 aliphatic carbocycles. The molecule has 4 aliphatic rings. The summed E-state index contributed by atoms with van der Waals surface area (Å²) >= 11 is 8.13. The number of piperidine rings is 1. The Morgan fingerprint density at radius 3 is 2.52 bits per heavy atom. The van der Waals surface area contributed by atoms with E-state index in [0.717, 1.165) is 49.4 Å². The number of aromatic nitrogens is 1. The summed E-state index contributed by atoms with van der Waals surface area (Å²) in [6, 6.07) is 4.17. The molecule has 2 saturated carbocycles. The molecule has 2 aromatic rings. The van der Waals surface area contributed by atoms with Gasteiger partial charge in [0.15, 0.2) is 11.5 Å². The molecule has 0 radical (unpaired) electrons. The average Bonchev–Trinajstić information content (AvgIpc) is 3.65. The van der Waals surface area contributed by atoms with Crippen LogP contribution in [0.2, 0.25) is 5.02 Å². The Labute approximate surface area is 244 Å². The first-order valence-corrected chi connectivity index (χ1v) is 15.9. The molecule has 10 heteroatoms. The second kappa shape index (κ2) is 10.9. The van der Waals surface area contributed by atoms with E-state index < -0.39 is 5.79 Å². The number of amides is 1. The zero-order chi connectivity index (χ0) is 28.2. The van der Waals surface area contributed by atoms with Crippen LogP contribution in [-0.2, 0) is 11.3 Å². The third-order valence-electron chi connectivity index (χ3n) is 8.94. The molecular weight excluding hydrogens is 550 g/mol. The maximum absolute atomic E-state index is 13.3. The van der Waals surface area contributed by atoms with E-state index in [9.17, 15) is 9.59 Å². The molecule has 0 bridgehead atoms. The van der Waals surface area contributed by atoms with Gasteiger partial charge in [-0.3, -0.25) is 9.59 Å². The number of H-pyrrole nitrogens is 1. The Kier molecular flexibility index (Phi) is 7.61. The summed E-state index contributed by atoms with van der Waals surface area (Å²) in [7, 11) is 0. The van der Waals surface area contributed by atoms with Crippen molar-refractivity contribution in [2.24, 2.45) is 5.92 Å². The summed E-state index contributed by atoms with van der Waals surface area (Å²) in [5, 5.41) is 3.24. The Balaban J connectivity index is 1.10. The number of thioether (sulfide) groups is 1. The number of fused-ring (bicyclic) bond motifs is 1. The zero-order valence-electron chi connectivity index (χ0n) is 23.6. The number of benzene rings is 1. The fraction of sp³-hybridized carbons (Fsp3) is 0.600. The van der Waals surface area contributed by atoms with Crippen molar-refractivity contribution in [2.45, 2.75) is 94.8 Å². The van der Waals surface area contributed by atoms with E-state index in [-0.39, 0.29) is 23.9 Å². The minimum absolute atomic E-state index is 0.112. The van der Waals surface area contributed by atoms with Gasteiger partial charge in [-0.25, -0.2) is 0 Å². The Morgan fingerprint density at radius 1 is 1.15 bits per heavy atom. The number of ether oxygens (including phenoxy) is 3. The van der Waals surface area contributed by atoms with E-state index in [1.165, 1.54) is 24.6 Å². The molecule has 216 valence electrons. The van der Waals surface area contributed by atoms with Crippen molar-refractivity contribution >= 4 is 29.3 Å². The molecule has 2 N–H and O–H groups in total. The molecule has 1 saturated heterocycles. The highest BCUT2D eigenvalue weighted by Gasteiger charge is 2.48. The van der Waals surface area contributed by atoms with Crippen molar-refractivity contribution in [3.8, 4) is 11.5 Å². The maximum atomic E-state index is 13.3. The van der Waals surface area contributed by atoms with Gasteiger partial charge in [-0.15, -0.1) is 11.8 Å². The van der Waals surface area contributed by atoms with Crippen LogP contribution in [0.25, 0.3) is 0 Å². The summed E-state index contributed by atoms with van der Waals surface area (Å²) in [6.45, 7) is 7.82. The Morgan fingerprint density at radius 2 is 1.85 bits per heavy atom. The lowest BCUT2D eigenvalue weighted by molar-refractivity contribution is -0.133. The summed E-state index contributed by atoms with van der Waals surface area (Å²) in [5.74, 6) is 0.0846. The molecular formula is C30H38ClN3O5S. The number of nitrogens with one attached hydrogen (secondary N) is 2. The molecule has 3 fully saturated rings. The van der Waals surface area contributed by atoms with Crippen LogP contribution in [0.3, 0.4) is 0 Å². The number of carbonyl (C=O) groups is 1. The highest BCUT2D eigenvalue weighted by Crippen LogP contribution is 2.51. The molecule has 2 aliphatic heterocycles. The number of pyridine rings is 1. The lowest BCUT2D eigenvalue weighted by Crippen LogP contribution is -2.54. The third-order valence-corrected chi connectivity index (χ3v) is 10.0. The van der Waals surface area contributed by atoms with Gasteiger partial charge < -0.3 is 29.4 Å². The summed E-state index contributed by atoms with van der Waals surface area (Å²) in [5.41, 5.74) is 2.20. The zero-order valence-corrected chi connectivity index (χ0v) is 25.2. The summed E-state index contributed by atoms with van der Waals surface area (Å²) < 4.78 is 18.9. The Bertz CT molecular complexity index is 1360. The van der Waals surface area contributed by atoms with Gasteiger partial charge in [0.25, 0.3) is 17.3 Å². The van der Waals surface area contributed by atoms with E-state index in [4.69, 9.17) is 25.8 Å². The van der Waals surface area contributed by atoms with Crippen molar-refractivity contribution < 1.29 is 19.0 Å². The fourth-order valence-electron chi connectivity index (χ4n) is 6.26. The number of aromatic amines is 1. The van der Waals surface area contributed by atoms with E-state index in [1.54, 1.807) is 6.07 Å². The second-order valence-electron chi connectivity index (χ2n) is 11.8. The van der Waals surface area contributed by atoms with Crippen LogP contribution in [0.5, 0.6) is 11.5 Å². The molecule has 40 heavy (non-hydrogen) atoms. The summed E-state index contributed by atoms with van der Waals surface area (Å²) in [6.07, 6.45) is 9.60. The van der Waals surface area contributed by atoms with Crippen LogP contribution < -0.4 is 20.3 Å². The van der Waals surface area contributed by atoms with E-state index in [2.05, 4.69) is 15.2 Å². The monoisotopic (exact) mass is 587 g/mol. The number of aryl methyl sites for hydroxylation is 1. The predicted octanol–water partition coefficient (Wildman–Crippen LogP) is 5.21. The van der Waals surface area contributed by atoms with Crippen LogP contribution in [0.4, 0.5) is 0 Å². The molecule has 1 unspecified atom stereocenters. The van der Waals surface area contributed by atoms with Gasteiger partial charge in [0.1, 0.15) is 0 Å². The van der Waals surface area contributed by atoms with Gasteiger partial charge in [-0.05, 0) is 83.9 Å². The number of nitrogens with zero attached hydrogens (tertiary/aromatic N) is 1. The van der Waals surface area contributed by atoms with Gasteiger partial charge in [0, 0.05) is 52.7 Å². The number of hydrogen-bond donors (Lipinski definition) is 2.